The summed E-state index contributed by atoms with van der Waals surface area (Å²) in [6, 6.07) is 0.302. The molecule has 118 valence electrons. The fourth-order valence-electron chi connectivity index (χ4n) is 2.36. The maximum absolute atomic E-state index is 6.03. The minimum absolute atomic E-state index is 0.227. The Morgan fingerprint density at radius 2 is 1.95 bits per heavy atom. The summed E-state index contributed by atoms with van der Waals surface area (Å²) < 4.78 is 5.34. The highest BCUT2D eigenvalue weighted by atomic mass is 35.5. The zero-order valence-corrected chi connectivity index (χ0v) is 13.7. The number of hydrogen-bond donors (Lipinski definition) is 1. The van der Waals surface area contributed by atoms with Crippen LogP contribution in [0.5, 0.6) is 0 Å². The largest absolute Gasteiger partial charge is 0.378 e. The molecular formula is C14H24ClN5O. The van der Waals surface area contributed by atoms with Gasteiger partial charge in [-0.2, -0.15) is 15.0 Å². The summed E-state index contributed by atoms with van der Waals surface area (Å²) in [4.78, 5) is 14.9. The molecule has 2 unspecified atom stereocenters. The van der Waals surface area contributed by atoms with E-state index >= 15 is 0 Å². The first-order chi connectivity index (χ1) is 10.1. The molecule has 0 spiro atoms. The molecule has 1 fully saturated rings. The van der Waals surface area contributed by atoms with Gasteiger partial charge in [0.1, 0.15) is 0 Å². The van der Waals surface area contributed by atoms with E-state index in [0.29, 0.717) is 37.1 Å². The van der Waals surface area contributed by atoms with Gasteiger partial charge >= 0.3 is 0 Å². The predicted molar refractivity (Wildman–Crippen MR) is 85.0 cm³/mol. The van der Waals surface area contributed by atoms with Crippen molar-refractivity contribution in [3.63, 3.8) is 0 Å². The summed E-state index contributed by atoms with van der Waals surface area (Å²) >= 11 is 6.03. The second-order valence-corrected chi connectivity index (χ2v) is 5.96. The molecule has 0 aliphatic carbocycles. The average Bonchev–Trinajstić information content (AvgIpc) is 2.47. The summed E-state index contributed by atoms with van der Waals surface area (Å²) in [6.45, 7) is 9.53. The lowest BCUT2D eigenvalue weighted by Crippen LogP contribution is -2.37. The second kappa shape index (κ2) is 7.75. The van der Waals surface area contributed by atoms with E-state index in [9.17, 15) is 0 Å². The van der Waals surface area contributed by atoms with Crippen LogP contribution in [0.4, 0.5) is 11.9 Å². The summed E-state index contributed by atoms with van der Waals surface area (Å²) in [5.74, 6) is 1.84. The third-order valence-electron chi connectivity index (χ3n) is 3.72. The van der Waals surface area contributed by atoms with Gasteiger partial charge in [0.05, 0.1) is 13.2 Å². The van der Waals surface area contributed by atoms with Crippen LogP contribution in [0.3, 0.4) is 0 Å². The molecule has 0 aromatic carbocycles. The van der Waals surface area contributed by atoms with Crippen LogP contribution >= 0.6 is 11.6 Å². The van der Waals surface area contributed by atoms with E-state index in [1.165, 1.54) is 6.42 Å². The molecule has 2 rings (SSSR count). The average molecular weight is 314 g/mol. The molecule has 2 atom stereocenters. The van der Waals surface area contributed by atoms with E-state index in [4.69, 9.17) is 16.3 Å². The van der Waals surface area contributed by atoms with Crippen molar-refractivity contribution in [1.29, 1.82) is 0 Å². The van der Waals surface area contributed by atoms with E-state index in [-0.39, 0.29) is 5.28 Å². The molecule has 1 aliphatic rings. The molecular weight excluding hydrogens is 290 g/mol. The minimum Gasteiger partial charge on any atom is -0.378 e. The van der Waals surface area contributed by atoms with Gasteiger partial charge in [0.2, 0.25) is 17.2 Å². The topological polar surface area (TPSA) is 63.2 Å². The predicted octanol–water partition coefficient (Wildman–Crippen LogP) is 2.60. The molecule has 1 aromatic heterocycles. The van der Waals surface area contributed by atoms with E-state index in [0.717, 1.165) is 19.5 Å². The lowest BCUT2D eigenvalue weighted by molar-refractivity contribution is 0.122. The number of ether oxygens (including phenoxy) is 1. The molecule has 1 N–H and O–H groups in total. The Hall–Kier alpha value is -1.14. The van der Waals surface area contributed by atoms with Crippen LogP contribution in [0.25, 0.3) is 0 Å². The van der Waals surface area contributed by atoms with E-state index in [2.05, 4.69) is 45.9 Å². The van der Waals surface area contributed by atoms with Gasteiger partial charge in [-0.05, 0) is 30.9 Å². The van der Waals surface area contributed by atoms with Crippen molar-refractivity contribution in [2.75, 3.05) is 36.5 Å². The second-order valence-electron chi connectivity index (χ2n) is 5.62. The van der Waals surface area contributed by atoms with Crippen molar-refractivity contribution in [3.05, 3.63) is 5.28 Å². The number of rotatable bonds is 6. The van der Waals surface area contributed by atoms with Gasteiger partial charge in [-0.1, -0.05) is 20.3 Å². The Morgan fingerprint density at radius 3 is 2.62 bits per heavy atom. The van der Waals surface area contributed by atoms with Crippen molar-refractivity contribution >= 4 is 23.5 Å². The zero-order valence-electron chi connectivity index (χ0n) is 13.0. The van der Waals surface area contributed by atoms with Gasteiger partial charge in [0.15, 0.2) is 0 Å². The third kappa shape index (κ3) is 4.97. The van der Waals surface area contributed by atoms with Crippen LogP contribution < -0.4 is 10.2 Å². The highest BCUT2D eigenvalue weighted by Crippen LogP contribution is 2.17. The monoisotopic (exact) mass is 313 g/mol. The van der Waals surface area contributed by atoms with Crippen molar-refractivity contribution in [2.45, 2.75) is 39.7 Å². The van der Waals surface area contributed by atoms with Gasteiger partial charge in [0, 0.05) is 19.1 Å². The maximum atomic E-state index is 6.03. The summed E-state index contributed by atoms with van der Waals surface area (Å²) in [5.41, 5.74) is 0. The number of aromatic nitrogens is 3. The van der Waals surface area contributed by atoms with Crippen molar-refractivity contribution in [2.24, 2.45) is 5.92 Å². The quantitative estimate of drug-likeness (QED) is 0.871. The van der Waals surface area contributed by atoms with Crippen LogP contribution in [-0.2, 0) is 4.74 Å². The molecule has 0 amide bonds. The number of halogens is 1. The molecule has 1 aliphatic heterocycles. The third-order valence-corrected chi connectivity index (χ3v) is 3.89. The maximum Gasteiger partial charge on any atom is 0.231 e. The van der Waals surface area contributed by atoms with E-state index in [1.807, 2.05) is 0 Å². The molecule has 7 heteroatoms. The Bertz CT molecular complexity index is 453. The number of nitrogens with one attached hydrogen (secondary N) is 1. The summed E-state index contributed by atoms with van der Waals surface area (Å²) in [6.07, 6.45) is 2.25. The van der Waals surface area contributed by atoms with Crippen molar-refractivity contribution in [1.82, 2.24) is 15.0 Å². The van der Waals surface area contributed by atoms with Gasteiger partial charge in [-0.25, -0.2) is 0 Å². The zero-order chi connectivity index (χ0) is 15.2. The molecule has 0 radical (unpaired) electrons. The smallest absolute Gasteiger partial charge is 0.231 e. The first-order valence-electron chi connectivity index (χ1n) is 7.59. The lowest BCUT2D eigenvalue weighted by Gasteiger charge is -2.27. The van der Waals surface area contributed by atoms with E-state index < -0.39 is 0 Å². The molecule has 1 saturated heterocycles. The highest BCUT2D eigenvalue weighted by Gasteiger charge is 2.17. The highest BCUT2D eigenvalue weighted by molar-refractivity contribution is 6.28. The Kier molecular flexibility index (Phi) is 5.99. The van der Waals surface area contributed by atoms with Crippen LogP contribution in [0.1, 0.15) is 33.6 Å². The standard InChI is InChI=1S/C14H24ClN5O/c1-4-10(2)9-11(3)16-13-17-12(15)18-14(19-13)20-5-7-21-8-6-20/h10-11H,4-9H2,1-3H3,(H,16,17,18,19). The normalized spacial score (nSPS) is 18.4. The minimum atomic E-state index is 0.227. The first kappa shape index (κ1) is 16.2. The first-order valence-corrected chi connectivity index (χ1v) is 7.97. The van der Waals surface area contributed by atoms with Crippen LogP contribution in [-0.4, -0.2) is 47.3 Å². The molecule has 1 aromatic rings. The van der Waals surface area contributed by atoms with Gasteiger partial charge in [0.25, 0.3) is 0 Å². The van der Waals surface area contributed by atoms with Gasteiger partial charge in [-0.15, -0.1) is 0 Å². The van der Waals surface area contributed by atoms with Crippen molar-refractivity contribution in [3.8, 4) is 0 Å². The summed E-state index contributed by atoms with van der Waals surface area (Å²) in [5, 5.41) is 3.55. The van der Waals surface area contributed by atoms with Crippen molar-refractivity contribution < 1.29 is 4.74 Å². The van der Waals surface area contributed by atoms with Gasteiger partial charge in [-0.3, -0.25) is 0 Å². The molecule has 6 nitrogen and oxygen atoms in total. The van der Waals surface area contributed by atoms with Crippen LogP contribution in [0.15, 0.2) is 0 Å². The van der Waals surface area contributed by atoms with E-state index in [1.54, 1.807) is 0 Å². The fraction of sp³-hybridized carbons (Fsp3) is 0.786. The Morgan fingerprint density at radius 1 is 1.24 bits per heavy atom. The van der Waals surface area contributed by atoms with Crippen LogP contribution in [0.2, 0.25) is 5.28 Å². The number of anilines is 2. The number of hydrogen-bond acceptors (Lipinski definition) is 6. The molecule has 2 heterocycles. The van der Waals surface area contributed by atoms with Gasteiger partial charge < -0.3 is 15.0 Å². The SMILES string of the molecule is CCC(C)CC(C)Nc1nc(Cl)nc(N2CCOCC2)n1. The number of morpholine rings is 1. The molecule has 0 bridgehead atoms. The lowest BCUT2D eigenvalue weighted by atomic mass is 10.0. The Balaban J connectivity index is 2.04. The summed E-state index contributed by atoms with van der Waals surface area (Å²) in [7, 11) is 0. The molecule has 0 saturated carbocycles. The van der Waals surface area contributed by atoms with Crippen LogP contribution in [0, 0.1) is 5.92 Å². The number of nitrogens with zero attached hydrogens (tertiary/aromatic N) is 4. The fourth-order valence-corrected chi connectivity index (χ4v) is 2.51. The molecule has 21 heavy (non-hydrogen) atoms. The Labute approximate surface area is 131 Å².